The second kappa shape index (κ2) is 3.01. The van der Waals surface area contributed by atoms with E-state index in [1.165, 1.54) is 0 Å². The Labute approximate surface area is 76.7 Å². The van der Waals surface area contributed by atoms with E-state index in [1.807, 2.05) is 29.9 Å². The lowest BCUT2D eigenvalue weighted by Crippen LogP contribution is -1.98. The molecule has 0 unspecified atom stereocenters. The zero-order chi connectivity index (χ0) is 9.26. The minimum atomic E-state index is 0.859. The molecule has 66 valence electrons. The zero-order valence-electron chi connectivity index (χ0n) is 7.57. The molecule has 0 aliphatic carbocycles. The Morgan fingerprint density at radius 3 is 3.15 bits per heavy atom. The summed E-state index contributed by atoms with van der Waals surface area (Å²) < 4.78 is 1.84. The van der Waals surface area contributed by atoms with E-state index in [2.05, 4.69) is 16.7 Å². The van der Waals surface area contributed by atoms with Gasteiger partial charge in [0.15, 0.2) is 0 Å². The molecule has 0 saturated heterocycles. The molecule has 0 aliphatic heterocycles. The van der Waals surface area contributed by atoms with Crippen LogP contribution in [0.2, 0.25) is 0 Å². The van der Waals surface area contributed by atoms with Crippen LogP contribution < -0.4 is 0 Å². The van der Waals surface area contributed by atoms with E-state index in [4.69, 9.17) is 0 Å². The maximum absolute atomic E-state index is 4.32. The second-order valence-electron chi connectivity index (χ2n) is 2.87. The monoisotopic (exact) mass is 173 g/mol. The normalized spacial score (nSPS) is 10.5. The Kier molecular flexibility index (Phi) is 1.85. The maximum atomic E-state index is 4.32. The van der Waals surface area contributed by atoms with Crippen molar-refractivity contribution in [1.29, 1.82) is 0 Å². The van der Waals surface area contributed by atoms with Crippen LogP contribution in [0.15, 0.2) is 25.0 Å². The van der Waals surface area contributed by atoms with E-state index in [9.17, 15) is 0 Å². The highest BCUT2D eigenvalue weighted by Crippen LogP contribution is 2.08. The van der Waals surface area contributed by atoms with Gasteiger partial charge in [-0.05, 0) is 11.6 Å². The summed E-state index contributed by atoms with van der Waals surface area (Å²) in [5.74, 6) is 0.860. The molecule has 0 N–H and O–H groups in total. The zero-order valence-corrected chi connectivity index (χ0v) is 7.57. The number of aryl methyl sites for hydroxylation is 1. The third-order valence-corrected chi connectivity index (χ3v) is 1.97. The van der Waals surface area contributed by atoms with Crippen LogP contribution in [-0.2, 0) is 6.42 Å². The largest absolute Gasteiger partial charge is 0.237 e. The Bertz CT molecular complexity index is 442. The third-order valence-electron chi connectivity index (χ3n) is 1.97. The van der Waals surface area contributed by atoms with Gasteiger partial charge in [-0.25, -0.2) is 9.50 Å². The molecule has 0 radical (unpaired) electrons. The lowest BCUT2D eigenvalue weighted by atomic mass is 10.3. The number of aromatic nitrogens is 3. The molecule has 2 aromatic rings. The molecule has 0 bridgehead atoms. The lowest BCUT2D eigenvalue weighted by Gasteiger charge is -1.95. The Balaban J connectivity index is 2.63. The molecule has 0 aromatic carbocycles. The molecule has 2 aromatic heterocycles. The van der Waals surface area contributed by atoms with Crippen molar-refractivity contribution in [1.82, 2.24) is 14.6 Å². The van der Waals surface area contributed by atoms with Gasteiger partial charge in [0.1, 0.15) is 5.82 Å². The molecule has 0 spiro atoms. The first-order valence-corrected chi connectivity index (χ1v) is 4.30. The van der Waals surface area contributed by atoms with Crippen molar-refractivity contribution in [2.75, 3.05) is 0 Å². The highest BCUT2D eigenvalue weighted by molar-refractivity contribution is 5.57. The predicted molar refractivity (Wildman–Crippen MR) is 52.5 cm³/mol. The van der Waals surface area contributed by atoms with E-state index >= 15 is 0 Å². The topological polar surface area (TPSA) is 30.2 Å². The van der Waals surface area contributed by atoms with Crippen LogP contribution in [0, 0.1) is 0 Å². The molecule has 13 heavy (non-hydrogen) atoms. The van der Waals surface area contributed by atoms with Crippen LogP contribution in [-0.4, -0.2) is 14.6 Å². The Morgan fingerprint density at radius 2 is 2.46 bits per heavy atom. The Hall–Kier alpha value is -1.64. The van der Waals surface area contributed by atoms with Crippen molar-refractivity contribution in [2.45, 2.75) is 13.3 Å². The van der Waals surface area contributed by atoms with Gasteiger partial charge in [-0.2, -0.15) is 5.10 Å². The van der Waals surface area contributed by atoms with Crippen LogP contribution in [0.25, 0.3) is 11.6 Å². The van der Waals surface area contributed by atoms with Gasteiger partial charge in [0, 0.05) is 12.6 Å². The summed E-state index contributed by atoms with van der Waals surface area (Å²) in [5, 5.41) is 4.32. The van der Waals surface area contributed by atoms with Crippen LogP contribution in [0.3, 0.4) is 0 Å². The van der Waals surface area contributed by atoms with Gasteiger partial charge < -0.3 is 0 Å². The summed E-state index contributed by atoms with van der Waals surface area (Å²) >= 11 is 0. The van der Waals surface area contributed by atoms with Gasteiger partial charge in [0.25, 0.3) is 0 Å². The first-order valence-electron chi connectivity index (χ1n) is 4.30. The molecule has 0 fully saturated rings. The quantitative estimate of drug-likeness (QED) is 0.694. The van der Waals surface area contributed by atoms with E-state index in [0.29, 0.717) is 0 Å². The van der Waals surface area contributed by atoms with E-state index in [0.717, 1.165) is 23.3 Å². The van der Waals surface area contributed by atoms with Gasteiger partial charge in [-0.1, -0.05) is 19.6 Å². The summed E-state index contributed by atoms with van der Waals surface area (Å²) in [6.45, 7) is 5.75. The van der Waals surface area contributed by atoms with E-state index < -0.39 is 0 Å². The second-order valence-corrected chi connectivity index (χ2v) is 2.87. The van der Waals surface area contributed by atoms with Crippen molar-refractivity contribution in [3.63, 3.8) is 0 Å². The van der Waals surface area contributed by atoms with Crippen molar-refractivity contribution >= 4 is 11.6 Å². The molecular formula is C10H11N3. The fourth-order valence-electron chi connectivity index (χ4n) is 1.24. The average Bonchev–Trinajstić information content (AvgIpc) is 2.58. The molecule has 0 amide bonds. The summed E-state index contributed by atoms with van der Waals surface area (Å²) in [7, 11) is 0. The number of fused-ring (bicyclic) bond motifs is 1. The summed E-state index contributed by atoms with van der Waals surface area (Å²) in [5.41, 5.74) is 2.08. The lowest BCUT2D eigenvalue weighted by molar-refractivity contribution is 0.812. The molecule has 3 nitrogen and oxygen atoms in total. The molecule has 0 saturated carbocycles. The Morgan fingerprint density at radius 1 is 1.62 bits per heavy atom. The van der Waals surface area contributed by atoms with Gasteiger partial charge in [-0.3, -0.25) is 0 Å². The average molecular weight is 173 g/mol. The van der Waals surface area contributed by atoms with Crippen molar-refractivity contribution in [3.05, 3.63) is 36.4 Å². The summed E-state index contributed by atoms with van der Waals surface area (Å²) in [4.78, 5) is 4.21. The van der Waals surface area contributed by atoms with E-state index in [1.54, 1.807) is 6.08 Å². The smallest absolute Gasteiger partial charge is 0.148 e. The number of hydrogen-bond acceptors (Lipinski definition) is 2. The van der Waals surface area contributed by atoms with Gasteiger partial charge in [0.2, 0.25) is 0 Å². The minimum Gasteiger partial charge on any atom is -0.237 e. The molecular weight excluding hydrogens is 162 g/mol. The van der Waals surface area contributed by atoms with Crippen LogP contribution in [0.4, 0.5) is 0 Å². The van der Waals surface area contributed by atoms with Gasteiger partial charge in [-0.15, -0.1) is 0 Å². The summed E-state index contributed by atoms with van der Waals surface area (Å²) in [6.07, 6.45) is 6.44. The standard InChI is InChI=1S/C10H11N3/c1-3-8-5-9-6-11-10(4-2)12-13(9)7-8/h3,5-7H,1,4H2,2H3. The van der Waals surface area contributed by atoms with Crippen molar-refractivity contribution < 1.29 is 0 Å². The van der Waals surface area contributed by atoms with Crippen molar-refractivity contribution in [3.8, 4) is 0 Å². The van der Waals surface area contributed by atoms with Crippen LogP contribution in [0.1, 0.15) is 18.3 Å². The van der Waals surface area contributed by atoms with Gasteiger partial charge in [0.05, 0.1) is 11.7 Å². The molecule has 3 heteroatoms. The van der Waals surface area contributed by atoms with Crippen molar-refractivity contribution in [2.24, 2.45) is 0 Å². The molecule has 0 atom stereocenters. The fraction of sp³-hybridized carbons (Fsp3) is 0.200. The SMILES string of the molecule is C=Cc1cc2cnc(CC)nn2c1. The third kappa shape index (κ3) is 1.33. The number of hydrogen-bond donors (Lipinski definition) is 0. The van der Waals surface area contributed by atoms with E-state index in [-0.39, 0.29) is 0 Å². The maximum Gasteiger partial charge on any atom is 0.148 e. The molecule has 2 heterocycles. The molecule has 2 rings (SSSR count). The van der Waals surface area contributed by atoms with Crippen LogP contribution >= 0.6 is 0 Å². The number of nitrogens with zero attached hydrogens (tertiary/aromatic N) is 3. The summed E-state index contributed by atoms with van der Waals surface area (Å²) in [6, 6.07) is 2.01. The predicted octanol–water partition coefficient (Wildman–Crippen LogP) is 1.93. The first kappa shape index (κ1) is 7.98. The fourth-order valence-corrected chi connectivity index (χ4v) is 1.24. The highest BCUT2D eigenvalue weighted by Gasteiger charge is 1.98. The highest BCUT2D eigenvalue weighted by atomic mass is 15.2. The van der Waals surface area contributed by atoms with Crippen LogP contribution in [0.5, 0.6) is 0 Å². The first-order chi connectivity index (χ1) is 6.33. The minimum absolute atomic E-state index is 0.859. The number of rotatable bonds is 2. The molecule has 0 aliphatic rings. The van der Waals surface area contributed by atoms with Gasteiger partial charge >= 0.3 is 0 Å².